The molecule has 0 aliphatic carbocycles. The Hall–Kier alpha value is -1.76. The van der Waals surface area contributed by atoms with Crippen molar-refractivity contribution in [2.24, 2.45) is 4.99 Å². The summed E-state index contributed by atoms with van der Waals surface area (Å²) in [5.41, 5.74) is 0.844. The van der Waals surface area contributed by atoms with E-state index < -0.39 is 0 Å². The van der Waals surface area contributed by atoms with Crippen molar-refractivity contribution in [1.29, 1.82) is 0 Å². The number of aromatic nitrogens is 3. The molecule has 6 nitrogen and oxygen atoms in total. The Morgan fingerprint density at radius 3 is 3.00 bits per heavy atom. The van der Waals surface area contributed by atoms with Crippen LogP contribution in [0.5, 0.6) is 0 Å². The van der Waals surface area contributed by atoms with Gasteiger partial charge in [-0.2, -0.15) is 11.8 Å². The maximum atomic E-state index is 4.57. The summed E-state index contributed by atoms with van der Waals surface area (Å²) in [5.74, 6) is 1.65. The SMILES string of the molecule is CCNC(=NCc1nnc2ccccn12)NCC(C)SC. The van der Waals surface area contributed by atoms with Crippen LogP contribution >= 0.6 is 11.8 Å². The quantitative estimate of drug-likeness (QED) is 0.626. The lowest BCUT2D eigenvalue weighted by Crippen LogP contribution is -2.40. The Kier molecular flexibility index (Phi) is 5.86. The fraction of sp³-hybridized carbons (Fsp3) is 0.500. The summed E-state index contributed by atoms with van der Waals surface area (Å²) in [6.45, 7) is 6.46. The van der Waals surface area contributed by atoms with Crippen molar-refractivity contribution in [3.63, 3.8) is 0 Å². The van der Waals surface area contributed by atoms with Gasteiger partial charge in [0.25, 0.3) is 0 Å². The predicted molar refractivity (Wildman–Crippen MR) is 88.8 cm³/mol. The van der Waals surface area contributed by atoms with Crippen LogP contribution in [-0.4, -0.2) is 45.2 Å². The molecule has 1 unspecified atom stereocenters. The van der Waals surface area contributed by atoms with Gasteiger partial charge in [-0.25, -0.2) is 4.99 Å². The normalized spacial score (nSPS) is 13.4. The van der Waals surface area contributed by atoms with Gasteiger partial charge in [-0.05, 0) is 25.3 Å². The van der Waals surface area contributed by atoms with Crippen LogP contribution in [0.1, 0.15) is 19.7 Å². The van der Waals surface area contributed by atoms with Crippen LogP contribution < -0.4 is 10.6 Å². The number of guanidine groups is 1. The lowest BCUT2D eigenvalue weighted by Gasteiger charge is -2.14. The van der Waals surface area contributed by atoms with Gasteiger partial charge in [-0.3, -0.25) is 4.40 Å². The molecule has 0 spiro atoms. The van der Waals surface area contributed by atoms with Crippen LogP contribution in [0.25, 0.3) is 5.65 Å². The first-order valence-electron chi connectivity index (χ1n) is 7.08. The van der Waals surface area contributed by atoms with Gasteiger partial charge in [0.1, 0.15) is 6.54 Å². The van der Waals surface area contributed by atoms with Gasteiger partial charge in [0.15, 0.2) is 17.4 Å². The molecule has 1 atom stereocenters. The molecule has 2 rings (SSSR count). The minimum atomic E-state index is 0.494. The largest absolute Gasteiger partial charge is 0.357 e. The van der Waals surface area contributed by atoms with Gasteiger partial charge in [-0.15, -0.1) is 10.2 Å². The third-order valence-corrected chi connectivity index (χ3v) is 4.04. The van der Waals surface area contributed by atoms with Gasteiger partial charge in [0.2, 0.25) is 0 Å². The molecule has 0 aliphatic rings. The van der Waals surface area contributed by atoms with Gasteiger partial charge in [0, 0.05) is 24.5 Å². The highest BCUT2D eigenvalue weighted by molar-refractivity contribution is 7.99. The molecule has 0 fully saturated rings. The van der Waals surface area contributed by atoms with Crippen molar-refractivity contribution in [2.45, 2.75) is 25.6 Å². The molecule has 114 valence electrons. The number of thioether (sulfide) groups is 1. The standard InChI is InChI=1S/C14H22N6S/c1-4-15-14(16-9-11(2)21-3)17-10-13-19-18-12-7-5-6-8-20(12)13/h5-8,11H,4,9-10H2,1-3H3,(H2,15,16,17). The first kappa shape index (κ1) is 15.6. The maximum Gasteiger partial charge on any atom is 0.191 e. The van der Waals surface area contributed by atoms with Crippen LogP contribution in [0.2, 0.25) is 0 Å². The summed E-state index contributed by atoms with van der Waals surface area (Å²) >= 11 is 1.83. The summed E-state index contributed by atoms with van der Waals surface area (Å²) in [4.78, 5) is 4.57. The second kappa shape index (κ2) is 7.87. The number of fused-ring (bicyclic) bond motifs is 1. The van der Waals surface area contributed by atoms with Gasteiger partial charge >= 0.3 is 0 Å². The number of nitrogens with zero attached hydrogens (tertiary/aromatic N) is 4. The molecule has 0 aliphatic heterocycles. The molecular formula is C14H22N6S. The summed E-state index contributed by atoms with van der Waals surface area (Å²) in [6.07, 6.45) is 4.06. The molecule has 21 heavy (non-hydrogen) atoms. The highest BCUT2D eigenvalue weighted by atomic mass is 32.2. The van der Waals surface area contributed by atoms with Gasteiger partial charge in [-0.1, -0.05) is 13.0 Å². The lowest BCUT2D eigenvalue weighted by atomic mass is 10.4. The minimum Gasteiger partial charge on any atom is -0.357 e. The molecule has 0 saturated carbocycles. The predicted octanol–water partition coefficient (Wildman–Crippen LogP) is 1.54. The van der Waals surface area contributed by atoms with Crippen LogP contribution in [0.3, 0.4) is 0 Å². The molecule has 0 aromatic carbocycles. The topological polar surface area (TPSA) is 66.6 Å². The molecule has 2 heterocycles. The van der Waals surface area contributed by atoms with E-state index in [1.807, 2.05) is 40.6 Å². The first-order valence-corrected chi connectivity index (χ1v) is 8.37. The number of rotatable bonds is 6. The third kappa shape index (κ3) is 4.35. The molecule has 2 N–H and O–H groups in total. The first-order chi connectivity index (χ1) is 10.2. The second-order valence-electron chi connectivity index (χ2n) is 4.67. The van der Waals surface area contributed by atoms with Gasteiger partial charge < -0.3 is 10.6 Å². The third-order valence-electron chi connectivity index (χ3n) is 3.07. The number of nitrogens with one attached hydrogen (secondary N) is 2. The highest BCUT2D eigenvalue weighted by Gasteiger charge is 2.05. The van der Waals surface area contributed by atoms with E-state index in [2.05, 4.69) is 45.9 Å². The van der Waals surface area contributed by atoms with Crippen molar-refractivity contribution < 1.29 is 0 Å². The van der Waals surface area contributed by atoms with Crippen LogP contribution in [-0.2, 0) is 6.54 Å². The Bertz CT molecular complexity index is 594. The van der Waals surface area contributed by atoms with Crippen molar-refractivity contribution >= 4 is 23.4 Å². The van der Waals surface area contributed by atoms with E-state index in [9.17, 15) is 0 Å². The molecule has 0 radical (unpaired) electrons. The molecule has 0 amide bonds. The molecular weight excluding hydrogens is 284 g/mol. The zero-order valence-corrected chi connectivity index (χ0v) is 13.5. The van der Waals surface area contributed by atoms with Crippen molar-refractivity contribution in [1.82, 2.24) is 25.2 Å². The molecule has 0 bridgehead atoms. The average Bonchev–Trinajstić information content (AvgIpc) is 2.93. The fourth-order valence-electron chi connectivity index (χ4n) is 1.81. The van der Waals surface area contributed by atoms with Crippen molar-refractivity contribution in [3.05, 3.63) is 30.2 Å². The van der Waals surface area contributed by atoms with Crippen molar-refractivity contribution in [3.8, 4) is 0 Å². The number of pyridine rings is 1. The molecule has 0 saturated heterocycles. The summed E-state index contributed by atoms with van der Waals surface area (Å²) in [7, 11) is 0. The van der Waals surface area contributed by atoms with E-state index in [1.165, 1.54) is 0 Å². The van der Waals surface area contributed by atoms with Gasteiger partial charge in [0.05, 0.1) is 0 Å². The van der Waals surface area contributed by atoms with Crippen LogP contribution in [0.15, 0.2) is 29.4 Å². The van der Waals surface area contributed by atoms with E-state index in [4.69, 9.17) is 0 Å². The maximum absolute atomic E-state index is 4.57. The fourth-order valence-corrected chi connectivity index (χ4v) is 2.06. The Morgan fingerprint density at radius 1 is 1.38 bits per heavy atom. The summed E-state index contributed by atoms with van der Waals surface area (Å²) < 4.78 is 1.96. The van der Waals surface area contributed by atoms with E-state index in [1.54, 1.807) is 0 Å². The van der Waals surface area contributed by atoms with E-state index >= 15 is 0 Å². The van der Waals surface area contributed by atoms with Crippen molar-refractivity contribution in [2.75, 3.05) is 19.3 Å². The van der Waals surface area contributed by atoms with Crippen LogP contribution in [0, 0.1) is 0 Å². The Labute approximate surface area is 129 Å². The Balaban J connectivity index is 2.04. The lowest BCUT2D eigenvalue weighted by molar-refractivity contribution is 0.784. The number of hydrogen-bond acceptors (Lipinski definition) is 4. The number of hydrogen-bond donors (Lipinski definition) is 2. The van der Waals surface area contributed by atoms with E-state index in [0.29, 0.717) is 11.8 Å². The van der Waals surface area contributed by atoms with E-state index in [0.717, 1.165) is 30.5 Å². The minimum absolute atomic E-state index is 0.494. The molecule has 2 aromatic heterocycles. The zero-order valence-electron chi connectivity index (χ0n) is 12.7. The van der Waals surface area contributed by atoms with E-state index in [-0.39, 0.29) is 0 Å². The zero-order chi connectivity index (χ0) is 15.1. The van der Waals surface area contributed by atoms with Crippen LogP contribution in [0.4, 0.5) is 0 Å². The smallest absolute Gasteiger partial charge is 0.191 e. The highest BCUT2D eigenvalue weighted by Crippen LogP contribution is 2.04. The molecule has 2 aromatic rings. The average molecular weight is 306 g/mol. The second-order valence-corrected chi connectivity index (χ2v) is 5.94. The summed E-state index contributed by atoms with van der Waals surface area (Å²) in [5, 5.41) is 15.4. The molecule has 7 heteroatoms. The Morgan fingerprint density at radius 2 is 2.24 bits per heavy atom. The number of aliphatic imine (C=N–C) groups is 1. The monoisotopic (exact) mass is 306 g/mol. The summed E-state index contributed by atoms with van der Waals surface area (Å²) in [6, 6.07) is 5.85.